The summed E-state index contributed by atoms with van der Waals surface area (Å²) in [4.78, 5) is 7.86. The minimum Gasteiger partial charge on any atom is -0.301 e. The third-order valence-corrected chi connectivity index (χ3v) is 3.37. The molecule has 3 atom stereocenters. The van der Waals surface area contributed by atoms with Crippen LogP contribution in [0, 0.1) is 5.92 Å². The van der Waals surface area contributed by atoms with Crippen LogP contribution in [0.1, 0.15) is 12.8 Å². The number of nitrogens with zero attached hydrogens (tertiary/aromatic N) is 1. The van der Waals surface area contributed by atoms with Gasteiger partial charge in [-0.2, -0.15) is 5.48 Å². The topological polar surface area (TPSA) is 24.5 Å². The van der Waals surface area contributed by atoms with Crippen LogP contribution in [0.3, 0.4) is 0 Å². The fourth-order valence-corrected chi connectivity index (χ4v) is 2.82. The molecule has 3 aliphatic heterocycles. The molecule has 0 amide bonds. The molecule has 3 saturated heterocycles. The molecule has 3 heteroatoms. The van der Waals surface area contributed by atoms with Crippen LogP contribution in [0.4, 0.5) is 0 Å². The lowest BCUT2D eigenvalue weighted by Crippen LogP contribution is -2.29. The van der Waals surface area contributed by atoms with E-state index in [4.69, 9.17) is 4.84 Å². The van der Waals surface area contributed by atoms with E-state index in [0.717, 1.165) is 18.6 Å². The van der Waals surface area contributed by atoms with Gasteiger partial charge in [-0.3, -0.25) is 4.90 Å². The molecule has 1 N–H and O–H groups in total. The molecule has 0 radical (unpaired) electrons. The molecule has 0 bridgehead atoms. The minimum absolute atomic E-state index is 0.639. The van der Waals surface area contributed by atoms with Crippen molar-refractivity contribution in [3.05, 3.63) is 0 Å². The fraction of sp³-hybridized carbons (Fsp3) is 1.00. The molecule has 3 heterocycles. The number of hydrogen-bond donors (Lipinski definition) is 1. The van der Waals surface area contributed by atoms with Crippen LogP contribution in [0.15, 0.2) is 0 Å². The molecule has 3 fully saturated rings. The summed E-state index contributed by atoms with van der Waals surface area (Å²) in [6.07, 6.45) is 2.79. The first-order valence-corrected chi connectivity index (χ1v) is 4.56. The lowest BCUT2D eigenvalue weighted by Gasteiger charge is -2.17. The third kappa shape index (κ3) is 0.789. The van der Waals surface area contributed by atoms with E-state index in [0.29, 0.717) is 6.04 Å². The van der Waals surface area contributed by atoms with Gasteiger partial charge in [-0.25, -0.2) is 0 Å². The monoisotopic (exact) mass is 154 g/mol. The maximum atomic E-state index is 5.24. The normalized spacial score (nSPS) is 49.6. The van der Waals surface area contributed by atoms with Crippen LogP contribution >= 0.6 is 0 Å². The quantitative estimate of drug-likeness (QED) is 0.531. The smallest absolute Gasteiger partial charge is 0.0741 e. The van der Waals surface area contributed by atoms with Crippen molar-refractivity contribution >= 4 is 0 Å². The standard InChI is InChI=1S/C8H14N2O/c1-2-8-6-5-11-9-7(6)4-10(8)3-1/h6-9H,1-5H2/t6?,7?,8-/m0/s1. The van der Waals surface area contributed by atoms with E-state index in [-0.39, 0.29) is 0 Å². The van der Waals surface area contributed by atoms with Crippen molar-refractivity contribution in [2.24, 2.45) is 5.92 Å². The molecule has 0 spiro atoms. The van der Waals surface area contributed by atoms with Gasteiger partial charge in [0.1, 0.15) is 0 Å². The average Bonchev–Trinajstić information content (AvgIpc) is 2.52. The highest BCUT2D eigenvalue weighted by molar-refractivity contribution is 5.00. The van der Waals surface area contributed by atoms with E-state index in [1.807, 2.05) is 0 Å². The van der Waals surface area contributed by atoms with Crippen LogP contribution in [0.5, 0.6) is 0 Å². The van der Waals surface area contributed by atoms with Gasteiger partial charge in [0, 0.05) is 18.5 Å². The molecule has 0 aromatic carbocycles. The summed E-state index contributed by atoms with van der Waals surface area (Å²) in [5.74, 6) is 0.789. The SMILES string of the molecule is C1C[C@H]2C3CONC3CN2C1. The summed E-state index contributed by atoms with van der Waals surface area (Å²) < 4.78 is 0. The molecule has 11 heavy (non-hydrogen) atoms. The summed E-state index contributed by atoms with van der Waals surface area (Å²) in [6, 6.07) is 1.48. The zero-order valence-electron chi connectivity index (χ0n) is 6.62. The largest absolute Gasteiger partial charge is 0.301 e. The van der Waals surface area contributed by atoms with E-state index in [1.54, 1.807) is 0 Å². The van der Waals surface area contributed by atoms with Crippen molar-refractivity contribution < 1.29 is 4.84 Å². The summed E-state index contributed by atoms with van der Waals surface area (Å²) in [7, 11) is 0. The molecule has 3 nitrogen and oxygen atoms in total. The Morgan fingerprint density at radius 3 is 3.45 bits per heavy atom. The first kappa shape index (κ1) is 6.40. The predicted octanol–water partition coefficient (Wildman–Crippen LogP) is -0.0160. The van der Waals surface area contributed by atoms with E-state index in [9.17, 15) is 0 Å². The van der Waals surface area contributed by atoms with Crippen LogP contribution in [-0.2, 0) is 4.84 Å². The van der Waals surface area contributed by atoms with E-state index < -0.39 is 0 Å². The van der Waals surface area contributed by atoms with Gasteiger partial charge in [-0.1, -0.05) is 0 Å². The van der Waals surface area contributed by atoms with Gasteiger partial charge in [-0.15, -0.1) is 0 Å². The van der Waals surface area contributed by atoms with Gasteiger partial charge in [0.25, 0.3) is 0 Å². The number of hydroxylamine groups is 1. The number of fused-ring (bicyclic) bond motifs is 3. The Labute approximate surface area is 66.7 Å². The summed E-state index contributed by atoms with van der Waals surface area (Å²) in [5, 5.41) is 0. The van der Waals surface area contributed by atoms with Gasteiger partial charge in [-0.05, 0) is 19.4 Å². The predicted molar refractivity (Wildman–Crippen MR) is 41.0 cm³/mol. The Balaban J connectivity index is 1.84. The molecule has 0 aromatic heterocycles. The van der Waals surface area contributed by atoms with E-state index in [2.05, 4.69) is 10.4 Å². The molecule has 3 rings (SSSR count). The minimum atomic E-state index is 0.639. The van der Waals surface area contributed by atoms with Crippen molar-refractivity contribution in [2.45, 2.75) is 24.9 Å². The maximum Gasteiger partial charge on any atom is 0.0741 e. The van der Waals surface area contributed by atoms with Crippen molar-refractivity contribution in [1.82, 2.24) is 10.4 Å². The lowest BCUT2D eigenvalue weighted by atomic mass is 9.97. The van der Waals surface area contributed by atoms with Gasteiger partial charge in [0.15, 0.2) is 0 Å². The summed E-state index contributed by atoms with van der Waals surface area (Å²) in [5.41, 5.74) is 3.11. The second-order valence-electron chi connectivity index (χ2n) is 3.90. The maximum absolute atomic E-state index is 5.24. The molecule has 0 aromatic rings. The third-order valence-electron chi connectivity index (χ3n) is 3.37. The van der Waals surface area contributed by atoms with Crippen LogP contribution in [-0.4, -0.2) is 36.7 Å². The van der Waals surface area contributed by atoms with Crippen molar-refractivity contribution in [3.8, 4) is 0 Å². The highest BCUT2D eigenvalue weighted by atomic mass is 16.7. The van der Waals surface area contributed by atoms with Gasteiger partial charge < -0.3 is 4.84 Å². The second kappa shape index (κ2) is 2.19. The van der Waals surface area contributed by atoms with Crippen molar-refractivity contribution in [1.29, 1.82) is 0 Å². The van der Waals surface area contributed by atoms with Crippen LogP contribution < -0.4 is 5.48 Å². The lowest BCUT2D eigenvalue weighted by molar-refractivity contribution is 0.0677. The highest BCUT2D eigenvalue weighted by Crippen LogP contribution is 2.35. The zero-order chi connectivity index (χ0) is 7.26. The van der Waals surface area contributed by atoms with Gasteiger partial charge >= 0.3 is 0 Å². The molecule has 0 aliphatic carbocycles. The number of rotatable bonds is 0. The van der Waals surface area contributed by atoms with Crippen LogP contribution in [0.25, 0.3) is 0 Å². The summed E-state index contributed by atoms with van der Waals surface area (Å²) >= 11 is 0. The van der Waals surface area contributed by atoms with Crippen LogP contribution in [0.2, 0.25) is 0 Å². The molecule has 0 saturated carbocycles. The number of nitrogens with one attached hydrogen (secondary N) is 1. The Kier molecular flexibility index (Phi) is 1.27. The van der Waals surface area contributed by atoms with Gasteiger partial charge in [0.05, 0.1) is 12.6 Å². The first-order chi connectivity index (χ1) is 5.45. The van der Waals surface area contributed by atoms with Crippen molar-refractivity contribution in [2.75, 3.05) is 19.7 Å². The van der Waals surface area contributed by atoms with Gasteiger partial charge in [0.2, 0.25) is 0 Å². The Hall–Kier alpha value is -0.120. The van der Waals surface area contributed by atoms with E-state index in [1.165, 1.54) is 25.9 Å². The van der Waals surface area contributed by atoms with E-state index >= 15 is 0 Å². The first-order valence-electron chi connectivity index (χ1n) is 4.56. The molecule has 2 unspecified atom stereocenters. The van der Waals surface area contributed by atoms with Crippen molar-refractivity contribution in [3.63, 3.8) is 0 Å². The Bertz CT molecular complexity index is 155. The number of hydrogen-bond acceptors (Lipinski definition) is 3. The molecular formula is C8H14N2O. The summed E-state index contributed by atoms with van der Waals surface area (Å²) in [6.45, 7) is 3.47. The zero-order valence-corrected chi connectivity index (χ0v) is 6.62. The molecule has 3 aliphatic rings. The Morgan fingerprint density at radius 1 is 1.45 bits per heavy atom. The second-order valence-corrected chi connectivity index (χ2v) is 3.90. The fourth-order valence-electron chi connectivity index (χ4n) is 2.82. The Morgan fingerprint density at radius 2 is 2.45 bits per heavy atom. The molecular weight excluding hydrogens is 140 g/mol. The highest BCUT2D eigenvalue weighted by Gasteiger charge is 2.46. The average molecular weight is 154 g/mol. The molecule has 62 valence electrons.